The van der Waals surface area contributed by atoms with Crippen molar-refractivity contribution in [3.63, 3.8) is 0 Å². The van der Waals surface area contributed by atoms with Gasteiger partial charge in [-0.2, -0.15) is 0 Å². The first-order valence-electron chi connectivity index (χ1n) is 10.5. The Bertz CT molecular complexity index is 884. The highest BCUT2D eigenvalue weighted by Gasteiger charge is 2.34. The molecule has 180 valence electrons. The van der Waals surface area contributed by atoms with Crippen LogP contribution in [-0.4, -0.2) is 64.8 Å². The predicted molar refractivity (Wildman–Crippen MR) is 122 cm³/mol. The van der Waals surface area contributed by atoms with Crippen LogP contribution in [0, 0.1) is 5.92 Å². The van der Waals surface area contributed by atoms with Crippen LogP contribution in [0.4, 0.5) is 0 Å². The third-order valence-electron chi connectivity index (χ3n) is 4.61. The first-order valence-corrected chi connectivity index (χ1v) is 10.5. The zero-order chi connectivity index (χ0) is 25.1. The van der Waals surface area contributed by atoms with Crippen molar-refractivity contribution in [2.45, 2.75) is 45.7 Å². The second-order valence-corrected chi connectivity index (χ2v) is 8.11. The molecule has 0 fully saturated rings. The van der Waals surface area contributed by atoms with Gasteiger partial charge in [0.1, 0.15) is 18.6 Å². The van der Waals surface area contributed by atoms with Gasteiger partial charge in [0.15, 0.2) is 0 Å². The quantitative estimate of drug-likeness (QED) is 0.325. The summed E-state index contributed by atoms with van der Waals surface area (Å²) < 4.78 is 0. The Morgan fingerprint density at radius 1 is 1.06 bits per heavy atom. The van der Waals surface area contributed by atoms with Crippen molar-refractivity contribution in [2.24, 2.45) is 11.7 Å². The van der Waals surface area contributed by atoms with Crippen molar-refractivity contribution in [1.29, 1.82) is 0 Å². The minimum Gasteiger partial charge on any atom is -0.480 e. The molecule has 1 aromatic rings. The van der Waals surface area contributed by atoms with E-state index < -0.39 is 48.2 Å². The van der Waals surface area contributed by atoms with Crippen molar-refractivity contribution in [3.8, 4) is 0 Å². The Balaban J connectivity index is 3.19. The lowest BCUT2D eigenvalue weighted by atomic mass is 10.00. The van der Waals surface area contributed by atoms with E-state index in [-0.39, 0.29) is 30.9 Å². The van der Waals surface area contributed by atoms with Crippen molar-refractivity contribution in [2.75, 3.05) is 13.1 Å². The number of hydrogen-bond donors (Lipinski definition) is 4. The van der Waals surface area contributed by atoms with Crippen molar-refractivity contribution in [1.82, 2.24) is 15.5 Å². The maximum atomic E-state index is 13.1. The van der Waals surface area contributed by atoms with Crippen LogP contribution in [0.2, 0.25) is 0 Å². The van der Waals surface area contributed by atoms with Crippen molar-refractivity contribution in [3.05, 3.63) is 48.0 Å². The molecule has 0 aliphatic heterocycles. The van der Waals surface area contributed by atoms with Crippen molar-refractivity contribution >= 4 is 29.6 Å². The van der Waals surface area contributed by atoms with Gasteiger partial charge in [-0.25, -0.2) is 0 Å². The van der Waals surface area contributed by atoms with Gasteiger partial charge in [-0.15, -0.1) is 0 Å². The molecule has 0 spiro atoms. The first kappa shape index (κ1) is 27.5. The number of imide groups is 1. The molecule has 0 radical (unpaired) electrons. The van der Waals surface area contributed by atoms with E-state index in [9.17, 15) is 24.0 Å². The Hall–Kier alpha value is -3.53. The van der Waals surface area contributed by atoms with Crippen LogP contribution in [0.3, 0.4) is 0 Å². The lowest BCUT2D eigenvalue weighted by Crippen LogP contribution is -2.57. The summed E-state index contributed by atoms with van der Waals surface area (Å²) in [6, 6.07) is 6.73. The molecule has 0 aliphatic carbocycles. The van der Waals surface area contributed by atoms with Crippen LogP contribution in [0.1, 0.15) is 32.8 Å². The third-order valence-corrected chi connectivity index (χ3v) is 4.61. The van der Waals surface area contributed by atoms with Gasteiger partial charge in [0.2, 0.25) is 11.8 Å². The summed E-state index contributed by atoms with van der Waals surface area (Å²) in [7, 11) is 0. The predicted octanol–water partition coefficient (Wildman–Crippen LogP) is 0.219. The molecule has 0 bridgehead atoms. The number of rotatable bonds is 12. The van der Waals surface area contributed by atoms with Crippen LogP contribution in [0.25, 0.3) is 0 Å². The lowest BCUT2D eigenvalue weighted by Gasteiger charge is -2.28. The van der Waals surface area contributed by atoms with Crippen LogP contribution in [-0.2, 0) is 30.4 Å². The van der Waals surface area contributed by atoms with E-state index in [4.69, 9.17) is 10.8 Å². The van der Waals surface area contributed by atoms with E-state index in [0.29, 0.717) is 4.90 Å². The second-order valence-electron chi connectivity index (χ2n) is 8.11. The van der Waals surface area contributed by atoms with Gasteiger partial charge in [0, 0.05) is 12.0 Å². The minimum absolute atomic E-state index is 0.0172. The molecule has 0 saturated heterocycles. The molecule has 0 heterocycles. The molecule has 10 heteroatoms. The Morgan fingerprint density at radius 2 is 1.67 bits per heavy atom. The minimum atomic E-state index is -1.38. The largest absolute Gasteiger partial charge is 0.480 e. The summed E-state index contributed by atoms with van der Waals surface area (Å²) in [5, 5.41) is 14.3. The molecule has 2 atom stereocenters. The summed E-state index contributed by atoms with van der Waals surface area (Å²) in [5.74, 6) is -4.37. The van der Waals surface area contributed by atoms with E-state index in [0.717, 1.165) is 5.56 Å². The molecule has 0 aliphatic rings. The molecule has 10 nitrogen and oxygen atoms in total. The first-order chi connectivity index (χ1) is 15.5. The van der Waals surface area contributed by atoms with E-state index in [1.165, 1.54) is 6.92 Å². The lowest BCUT2D eigenvalue weighted by molar-refractivity contribution is -0.152. The Labute approximate surface area is 193 Å². The average Bonchev–Trinajstić information content (AvgIpc) is 2.75. The summed E-state index contributed by atoms with van der Waals surface area (Å²) in [4.78, 5) is 62.3. The standard InChI is InChI=1S/C23H32N4O6/c1-14(2)10-18(23(33)27(13-20(29)30)22(32)15(3)4)26-21(31)17(25-19(28)12-24)11-16-8-6-5-7-9-16/h5-9,14,17-18H,3,10-13,24H2,1-2,4H3,(H,25,28)(H,26,31)(H,29,30). The van der Waals surface area contributed by atoms with Gasteiger partial charge in [0.05, 0.1) is 6.54 Å². The summed E-state index contributed by atoms with van der Waals surface area (Å²) >= 11 is 0. The smallest absolute Gasteiger partial charge is 0.323 e. The number of nitrogens with two attached hydrogens (primary N) is 1. The van der Waals surface area contributed by atoms with Crippen LogP contribution >= 0.6 is 0 Å². The van der Waals surface area contributed by atoms with Gasteiger partial charge >= 0.3 is 5.97 Å². The maximum absolute atomic E-state index is 13.1. The number of amides is 4. The number of aliphatic carboxylic acids is 1. The maximum Gasteiger partial charge on any atom is 0.323 e. The number of carbonyl (C=O) groups is 5. The Morgan fingerprint density at radius 3 is 2.15 bits per heavy atom. The summed E-state index contributed by atoms with van der Waals surface area (Å²) in [6.07, 6.45) is 0.289. The molecule has 2 unspecified atom stereocenters. The number of nitrogens with zero attached hydrogens (tertiary/aromatic N) is 1. The number of carboxylic acid groups (broad SMARTS) is 1. The highest BCUT2D eigenvalue weighted by molar-refractivity contribution is 6.07. The molecular weight excluding hydrogens is 428 g/mol. The van der Waals surface area contributed by atoms with Gasteiger partial charge in [-0.05, 0) is 24.8 Å². The van der Waals surface area contributed by atoms with Crippen LogP contribution in [0.5, 0.6) is 0 Å². The number of benzene rings is 1. The van der Waals surface area contributed by atoms with Gasteiger partial charge < -0.3 is 21.5 Å². The fraction of sp³-hybridized carbons (Fsp3) is 0.435. The normalized spacial score (nSPS) is 12.4. The molecule has 33 heavy (non-hydrogen) atoms. The summed E-state index contributed by atoms with van der Waals surface area (Å²) in [6.45, 7) is 7.27. The van der Waals surface area contributed by atoms with E-state index >= 15 is 0 Å². The topological polar surface area (TPSA) is 159 Å². The van der Waals surface area contributed by atoms with Crippen molar-refractivity contribution < 1.29 is 29.1 Å². The van der Waals surface area contributed by atoms with Crippen LogP contribution in [0.15, 0.2) is 42.5 Å². The molecule has 0 aromatic heterocycles. The highest BCUT2D eigenvalue weighted by Crippen LogP contribution is 2.12. The van der Waals surface area contributed by atoms with Crippen LogP contribution < -0.4 is 16.4 Å². The average molecular weight is 461 g/mol. The van der Waals surface area contributed by atoms with Gasteiger partial charge in [-0.1, -0.05) is 50.8 Å². The van der Waals surface area contributed by atoms with E-state index in [1.807, 2.05) is 19.9 Å². The number of hydrogen-bond acceptors (Lipinski definition) is 6. The molecule has 5 N–H and O–H groups in total. The fourth-order valence-electron chi connectivity index (χ4n) is 3.08. The molecule has 1 rings (SSSR count). The van der Waals surface area contributed by atoms with E-state index in [1.54, 1.807) is 24.3 Å². The molecule has 1 aromatic carbocycles. The molecule has 4 amide bonds. The second kappa shape index (κ2) is 13.1. The van der Waals surface area contributed by atoms with Gasteiger partial charge in [-0.3, -0.25) is 28.9 Å². The third kappa shape index (κ3) is 9.24. The number of carbonyl (C=O) groups excluding carboxylic acids is 4. The van der Waals surface area contributed by atoms with Gasteiger partial charge in [0.25, 0.3) is 11.8 Å². The Kier molecular flexibility index (Phi) is 10.9. The zero-order valence-corrected chi connectivity index (χ0v) is 19.2. The van der Waals surface area contributed by atoms with E-state index in [2.05, 4.69) is 17.2 Å². The fourth-order valence-corrected chi connectivity index (χ4v) is 3.08. The highest BCUT2D eigenvalue weighted by atomic mass is 16.4. The molecular formula is C23H32N4O6. The zero-order valence-electron chi connectivity index (χ0n) is 19.2. The monoisotopic (exact) mass is 460 g/mol. The number of carboxylic acids is 1. The molecule has 0 saturated carbocycles. The summed E-state index contributed by atoms with van der Waals surface area (Å²) in [5.41, 5.74) is 6.12. The number of nitrogens with one attached hydrogen (secondary N) is 2. The SMILES string of the molecule is C=C(C)C(=O)N(CC(=O)O)C(=O)C(CC(C)C)NC(=O)C(Cc1ccccc1)NC(=O)CN.